The number of para-hydroxylation sites is 1. The molecule has 1 aromatic heterocycles. The first-order valence-electron chi connectivity index (χ1n) is 7.42. The Labute approximate surface area is 138 Å². The van der Waals surface area contributed by atoms with Gasteiger partial charge in [0.15, 0.2) is 5.92 Å². The summed E-state index contributed by atoms with van der Waals surface area (Å²) in [5.74, 6) is -1.53. The van der Waals surface area contributed by atoms with Crippen molar-refractivity contribution in [2.75, 3.05) is 10.3 Å². The zero-order valence-electron chi connectivity index (χ0n) is 12.9. The summed E-state index contributed by atoms with van der Waals surface area (Å²) in [5, 5.41) is 10.2. The fraction of sp³-hybridized carbons (Fsp3) is 0.235. The minimum atomic E-state index is -0.875. The number of amides is 2. The summed E-state index contributed by atoms with van der Waals surface area (Å²) in [6, 6.07) is 11.1. The zero-order chi connectivity index (χ0) is 16.4. The van der Waals surface area contributed by atoms with Crippen LogP contribution in [0.15, 0.2) is 46.9 Å². The molecule has 0 saturated carbocycles. The van der Waals surface area contributed by atoms with E-state index in [9.17, 15) is 9.59 Å². The van der Waals surface area contributed by atoms with Gasteiger partial charge in [-0.25, -0.2) is 0 Å². The number of benzene rings is 1. The maximum absolute atomic E-state index is 12.6. The molecule has 23 heavy (non-hydrogen) atoms. The van der Waals surface area contributed by atoms with Crippen molar-refractivity contribution in [2.45, 2.75) is 20.3 Å². The predicted octanol–water partition coefficient (Wildman–Crippen LogP) is 3.29. The minimum absolute atomic E-state index is 0.322. The standard InChI is InChI=1S/C17H17N3O2S/c1-3-14-9-12(10-23-14)18-16(21)15-11(2)19-20(17(15)22)13-7-5-4-6-8-13/h4-10,15H,3H2,1-2H3,(H,18,21). The lowest BCUT2D eigenvalue weighted by molar-refractivity contribution is -0.127. The van der Waals surface area contributed by atoms with Crippen LogP contribution in [-0.4, -0.2) is 17.5 Å². The summed E-state index contributed by atoms with van der Waals surface area (Å²) in [4.78, 5) is 26.2. The van der Waals surface area contributed by atoms with Crippen molar-refractivity contribution >= 4 is 40.2 Å². The van der Waals surface area contributed by atoms with Gasteiger partial charge in [-0.1, -0.05) is 25.1 Å². The Kier molecular flexibility index (Phi) is 4.25. The molecule has 6 heteroatoms. The maximum Gasteiger partial charge on any atom is 0.265 e. The van der Waals surface area contributed by atoms with E-state index >= 15 is 0 Å². The van der Waals surface area contributed by atoms with Crippen molar-refractivity contribution in [3.63, 3.8) is 0 Å². The molecule has 0 fully saturated rings. The smallest absolute Gasteiger partial charge is 0.265 e. The van der Waals surface area contributed by atoms with E-state index in [1.807, 2.05) is 29.6 Å². The van der Waals surface area contributed by atoms with Gasteiger partial charge < -0.3 is 5.32 Å². The Morgan fingerprint density at radius 2 is 2.09 bits per heavy atom. The molecular formula is C17H17N3O2S. The molecule has 0 saturated heterocycles. The van der Waals surface area contributed by atoms with Gasteiger partial charge in [0.25, 0.3) is 5.91 Å². The van der Waals surface area contributed by atoms with Crippen LogP contribution in [0.4, 0.5) is 11.4 Å². The van der Waals surface area contributed by atoms with E-state index < -0.39 is 5.92 Å². The molecule has 1 atom stereocenters. The van der Waals surface area contributed by atoms with Gasteiger partial charge in [-0.15, -0.1) is 11.3 Å². The van der Waals surface area contributed by atoms with E-state index in [-0.39, 0.29) is 11.8 Å². The van der Waals surface area contributed by atoms with Crippen molar-refractivity contribution in [1.82, 2.24) is 0 Å². The third kappa shape index (κ3) is 3.03. The van der Waals surface area contributed by atoms with Crippen LogP contribution in [0.1, 0.15) is 18.7 Å². The Hall–Kier alpha value is -2.47. The van der Waals surface area contributed by atoms with Crippen LogP contribution in [-0.2, 0) is 16.0 Å². The summed E-state index contributed by atoms with van der Waals surface area (Å²) >= 11 is 1.59. The molecular weight excluding hydrogens is 310 g/mol. The summed E-state index contributed by atoms with van der Waals surface area (Å²) < 4.78 is 0. The third-order valence-electron chi connectivity index (χ3n) is 3.66. The SMILES string of the molecule is CCc1cc(NC(=O)C2C(=O)N(c3ccccc3)N=C2C)cs1. The lowest BCUT2D eigenvalue weighted by atomic mass is 10.0. The summed E-state index contributed by atoms with van der Waals surface area (Å²) in [6.45, 7) is 3.77. The number of aryl methyl sites for hydroxylation is 1. The van der Waals surface area contributed by atoms with Gasteiger partial charge in [0.05, 0.1) is 17.1 Å². The van der Waals surface area contributed by atoms with Gasteiger partial charge in [0.1, 0.15) is 0 Å². The highest BCUT2D eigenvalue weighted by atomic mass is 32.1. The van der Waals surface area contributed by atoms with Crippen LogP contribution in [0.25, 0.3) is 0 Å². The Balaban J connectivity index is 1.77. The third-order valence-corrected chi connectivity index (χ3v) is 4.74. The van der Waals surface area contributed by atoms with E-state index in [1.54, 1.807) is 30.4 Å². The lowest BCUT2D eigenvalue weighted by Crippen LogP contribution is -2.36. The molecule has 118 valence electrons. The Morgan fingerprint density at radius 1 is 1.35 bits per heavy atom. The van der Waals surface area contributed by atoms with Gasteiger partial charge in [-0.2, -0.15) is 10.1 Å². The monoisotopic (exact) mass is 327 g/mol. The van der Waals surface area contributed by atoms with Crippen LogP contribution >= 0.6 is 11.3 Å². The molecule has 0 radical (unpaired) electrons. The van der Waals surface area contributed by atoms with Crippen molar-refractivity contribution in [2.24, 2.45) is 11.0 Å². The number of carbonyl (C=O) groups is 2. The normalized spacial score (nSPS) is 17.3. The number of hydrogen-bond donors (Lipinski definition) is 1. The number of rotatable bonds is 4. The maximum atomic E-state index is 12.6. The lowest BCUT2D eigenvalue weighted by Gasteiger charge is -2.14. The van der Waals surface area contributed by atoms with Crippen molar-refractivity contribution < 1.29 is 9.59 Å². The van der Waals surface area contributed by atoms with Crippen LogP contribution in [0.3, 0.4) is 0 Å². The van der Waals surface area contributed by atoms with Crippen LogP contribution < -0.4 is 10.3 Å². The second-order valence-corrected chi connectivity index (χ2v) is 6.30. The highest BCUT2D eigenvalue weighted by Gasteiger charge is 2.39. The molecule has 2 heterocycles. The molecule has 2 amide bonds. The van der Waals surface area contributed by atoms with E-state index in [0.717, 1.165) is 12.1 Å². The predicted molar refractivity (Wildman–Crippen MR) is 92.9 cm³/mol. The topological polar surface area (TPSA) is 61.8 Å². The highest BCUT2D eigenvalue weighted by molar-refractivity contribution is 7.10. The molecule has 0 bridgehead atoms. The molecule has 1 aromatic carbocycles. The largest absolute Gasteiger partial charge is 0.324 e. The van der Waals surface area contributed by atoms with E-state index in [2.05, 4.69) is 17.3 Å². The fourth-order valence-electron chi connectivity index (χ4n) is 2.47. The Bertz CT molecular complexity index is 767. The van der Waals surface area contributed by atoms with Crippen LogP contribution in [0.5, 0.6) is 0 Å². The van der Waals surface area contributed by atoms with Crippen molar-refractivity contribution in [3.05, 3.63) is 46.7 Å². The molecule has 1 aliphatic heterocycles. The fourth-order valence-corrected chi connectivity index (χ4v) is 3.23. The first kappa shape index (κ1) is 15.4. The van der Waals surface area contributed by atoms with Gasteiger partial charge in [0, 0.05) is 10.3 Å². The van der Waals surface area contributed by atoms with Gasteiger partial charge in [0.2, 0.25) is 5.91 Å². The van der Waals surface area contributed by atoms with E-state index in [4.69, 9.17) is 0 Å². The number of thiophene rings is 1. The summed E-state index contributed by atoms with van der Waals surface area (Å²) in [6.07, 6.45) is 0.922. The quantitative estimate of drug-likeness (QED) is 0.876. The number of nitrogens with one attached hydrogen (secondary N) is 1. The number of carbonyl (C=O) groups excluding carboxylic acids is 2. The number of anilines is 2. The van der Waals surface area contributed by atoms with Crippen LogP contribution in [0.2, 0.25) is 0 Å². The summed E-state index contributed by atoms with van der Waals surface area (Å²) in [7, 11) is 0. The summed E-state index contributed by atoms with van der Waals surface area (Å²) in [5.41, 5.74) is 1.90. The molecule has 1 N–H and O–H groups in total. The first-order chi connectivity index (χ1) is 11.1. The molecule has 3 rings (SSSR count). The van der Waals surface area contributed by atoms with E-state index in [1.165, 1.54) is 9.89 Å². The second kappa shape index (κ2) is 6.34. The van der Waals surface area contributed by atoms with Crippen LogP contribution in [0, 0.1) is 5.92 Å². The number of hydrogen-bond acceptors (Lipinski definition) is 4. The van der Waals surface area contributed by atoms with Gasteiger partial charge >= 0.3 is 0 Å². The second-order valence-electron chi connectivity index (χ2n) is 5.30. The van der Waals surface area contributed by atoms with Crippen molar-refractivity contribution in [3.8, 4) is 0 Å². The zero-order valence-corrected chi connectivity index (χ0v) is 13.8. The molecule has 0 spiro atoms. The highest BCUT2D eigenvalue weighted by Crippen LogP contribution is 2.26. The van der Waals surface area contributed by atoms with Gasteiger partial charge in [-0.05, 0) is 31.5 Å². The minimum Gasteiger partial charge on any atom is -0.324 e. The average molecular weight is 327 g/mol. The first-order valence-corrected chi connectivity index (χ1v) is 8.30. The number of hydrazone groups is 1. The molecule has 2 aromatic rings. The van der Waals surface area contributed by atoms with E-state index in [0.29, 0.717) is 11.4 Å². The van der Waals surface area contributed by atoms with Gasteiger partial charge in [-0.3, -0.25) is 9.59 Å². The average Bonchev–Trinajstić information content (AvgIpc) is 3.12. The van der Waals surface area contributed by atoms with Crippen molar-refractivity contribution in [1.29, 1.82) is 0 Å². The molecule has 1 aliphatic rings. The number of nitrogens with zero attached hydrogens (tertiary/aromatic N) is 2. The molecule has 1 unspecified atom stereocenters. The molecule has 0 aliphatic carbocycles. The molecule has 5 nitrogen and oxygen atoms in total. The Morgan fingerprint density at radius 3 is 2.74 bits per heavy atom.